The van der Waals surface area contributed by atoms with E-state index in [2.05, 4.69) is 12.2 Å². The van der Waals surface area contributed by atoms with E-state index in [-0.39, 0.29) is 16.1 Å². The van der Waals surface area contributed by atoms with Gasteiger partial charge in [0, 0.05) is 23.3 Å². The van der Waals surface area contributed by atoms with Crippen molar-refractivity contribution < 1.29 is 26.4 Å². The minimum absolute atomic E-state index is 0.0672. The van der Waals surface area contributed by atoms with Gasteiger partial charge in [0.1, 0.15) is 0 Å². The molecule has 0 aliphatic carbocycles. The number of benzene rings is 3. The molecule has 0 radical (unpaired) electrons. The molecule has 0 saturated heterocycles. The van der Waals surface area contributed by atoms with Gasteiger partial charge in [-0.2, -0.15) is 13.2 Å². The van der Waals surface area contributed by atoms with Crippen LogP contribution in [0, 0.1) is 13.8 Å². The predicted octanol–water partition coefficient (Wildman–Crippen LogP) is 7.78. The molecule has 0 atom stereocenters. The van der Waals surface area contributed by atoms with E-state index >= 15 is 0 Å². The zero-order valence-electron chi connectivity index (χ0n) is 22.8. The molecule has 0 fully saturated rings. The molecule has 1 aromatic heterocycles. The number of sulfone groups is 1. The van der Waals surface area contributed by atoms with Crippen LogP contribution >= 0.6 is 0 Å². The number of nitrogens with zero attached hydrogens (tertiary/aromatic N) is 1. The van der Waals surface area contributed by atoms with Gasteiger partial charge in [0.05, 0.1) is 21.7 Å². The largest absolute Gasteiger partial charge is 0.418 e. The highest BCUT2D eigenvalue weighted by Crippen LogP contribution is 2.38. The van der Waals surface area contributed by atoms with Crippen molar-refractivity contribution in [2.45, 2.75) is 51.1 Å². The van der Waals surface area contributed by atoms with E-state index in [1.54, 1.807) is 26.0 Å². The van der Waals surface area contributed by atoms with Gasteiger partial charge in [-0.25, -0.2) is 8.42 Å². The Bertz CT molecular complexity index is 1640. The summed E-state index contributed by atoms with van der Waals surface area (Å²) in [4.78, 5) is 13.2. The maximum atomic E-state index is 14.3. The van der Waals surface area contributed by atoms with E-state index < -0.39 is 27.5 Å². The van der Waals surface area contributed by atoms with Crippen LogP contribution in [0.15, 0.2) is 77.7 Å². The Morgan fingerprint density at radius 3 is 2.10 bits per heavy atom. The van der Waals surface area contributed by atoms with Gasteiger partial charge in [-0.3, -0.25) is 4.79 Å². The van der Waals surface area contributed by atoms with Gasteiger partial charge in [-0.05, 0) is 85.8 Å². The lowest BCUT2D eigenvalue weighted by Gasteiger charge is -2.18. The number of amides is 1. The standard InChI is InChI=1S/C31H31F3N2O3S/c1-5-6-7-22-8-10-23(11-9-22)24-12-17-29(28(19-24)31(32,33)34)36-20(2)18-27(21(36)3)30(37)35-25-13-15-26(16-14-25)40(4,38)39/h8-19H,5-7H2,1-4H3,(H,35,37). The third-order valence-corrected chi connectivity index (χ3v) is 7.99. The number of hydrogen-bond acceptors (Lipinski definition) is 3. The van der Waals surface area contributed by atoms with Gasteiger partial charge in [0.25, 0.3) is 5.91 Å². The van der Waals surface area contributed by atoms with Crippen molar-refractivity contribution in [1.29, 1.82) is 0 Å². The van der Waals surface area contributed by atoms with Gasteiger partial charge >= 0.3 is 6.18 Å². The van der Waals surface area contributed by atoms with E-state index in [9.17, 15) is 26.4 Å². The summed E-state index contributed by atoms with van der Waals surface area (Å²) in [5.74, 6) is -0.514. The zero-order chi connectivity index (χ0) is 29.2. The van der Waals surface area contributed by atoms with Crippen LogP contribution in [0.4, 0.5) is 18.9 Å². The Labute approximate surface area is 232 Å². The number of rotatable bonds is 8. The van der Waals surface area contributed by atoms with Crippen LogP contribution in [-0.2, 0) is 22.4 Å². The molecular weight excluding hydrogens is 537 g/mol. The summed E-state index contributed by atoms with van der Waals surface area (Å²) >= 11 is 0. The Balaban J connectivity index is 1.67. The van der Waals surface area contributed by atoms with E-state index in [0.29, 0.717) is 28.2 Å². The fourth-order valence-electron chi connectivity index (χ4n) is 4.73. The van der Waals surface area contributed by atoms with E-state index in [0.717, 1.165) is 37.1 Å². The number of aromatic nitrogens is 1. The average Bonchev–Trinajstić information content (AvgIpc) is 3.20. The smallest absolute Gasteiger partial charge is 0.322 e. The summed E-state index contributed by atoms with van der Waals surface area (Å²) < 4.78 is 67.8. The summed E-state index contributed by atoms with van der Waals surface area (Å²) in [5.41, 5.74) is 2.82. The number of anilines is 1. The van der Waals surface area contributed by atoms with Crippen LogP contribution in [0.25, 0.3) is 16.8 Å². The average molecular weight is 569 g/mol. The van der Waals surface area contributed by atoms with Gasteiger partial charge in [-0.1, -0.05) is 43.7 Å². The molecule has 5 nitrogen and oxygen atoms in total. The maximum Gasteiger partial charge on any atom is 0.418 e. The normalized spacial score (nSPS) is 12.0. The summed E-state index contributed by atoms with van der Waals surface area (Å²) in [6.45, 7) is 5.35. The lowest BCUT2D eigenvalue weighted by Crippen LogP contribution is -2.15. The van der Waals surface area contributed by atoms with Crippen LogP contribution in [0.3, 0.4) is 0 Å². The Morgan fingerprint density at radius 1 is 0.900 bits per heavy atom. The number of hydrogen-bond donors (Lipinski definition) is 1. The lowest BCUT2D eigenvalue weighted by molar-refractivity contribution is -0.137. The van der Waals surface area contributed by atoms with Gasteiger partial charge < -0.3 is 9.88 Å². The number of halogens is 3. The monoisotopic (exact) mass is 568 g/mol. The summed E-state index contributed by atoms with van der Waals surface area (Å²) in [5, 5.41) is 2.69. The molecule has 0 aliphatic heterocycles. The van der Waals surface area contributed by atoms with Crippen molar-refractivity contribution in [2.24, 2.45) is 0 Å². The molecule has 0 bridgehead atoms. The molecule has 1 amide bonds. The number of carbonyl (C=O) groups is 1. The van der Waals surface area contributed by atoms with Crippen molar-refractivity contribution in [1.82, 2.24) is 4.57 Å². The maximum absolute atomic E-state index is 14.3. The predicted molar refractivity (Wildman–Crippen MR) is 152 cm³/mol. The minimum atomic E-state index is -4.63. The Morgan fingerprint density at radius 2 is 1.52 bits per heavy atom. The molecule has 40 heavy (non-hydrogen) atoms. The first kappa shape index (κ1) is 29.1. The highest BCUT2D eigenvalue weighted by molar-refractivity contribution is 7.90. The minimum Gasteiger partial charge on any atom is -0.322 e. The molecule has 1 heterocycles. The highest BCUT2D eigenvalue weighted by atomic mass is 32.2. The summed E-state index contributed by atoms with van der Waals surface area (Å²) in [6, 6.07) is 19.1. The van der Waals surface area contributed by atoms with Crippen LogP contribution in [-0.4, -0.2) is 25.1 Å². The fourth-order valence-corrected chi connectivity index (χ4v) is 5.36. The number of nitrogens with one attached hydrogen (secondary N) is 1. The number of aryl methyl sites for hydroxylation is 2. The third-order valence-electron chi connectivity index (χ3n) is 6.87. The number of carbonyl (C=O) groups excluding carboxylic acids is 1. The van der Waals surface area contributed by atoms with Crippen molar-refractivity contribution in [3.05, 3.63) is 101 Å². The van der Waals surface area contributed by atoms with Crippen LogP contribution < -0.4 is 5.32 Å². The van der Waals surface area contributed by atoms with E-state index in [1.807, 2.05) is 24.3 Å². The second-order valence-corrected chi connectivity index (χ2v) is 11.9. The Kier molecular flexibility index (Phi) is 8.25. The molecule has 3 aromatic carbocycles. The van der Waals surface area contributed by atoms with Crippen molar-refractivity contribution >= 4 is 21.4 Å². The van der Waals surface area contributed by atoms with Gasteiger partial charge in [-0.15, -0.1) is 0 Å². The Hall–Kier alpha value is -3.85. The molecule has 4 aromatic rings. The molecule has 0 spiro atoms. The lowest BCUT2D eigenvalue weighted by atomic mass is 9.99. The van der Waals surface area contributed by atoms with E-state index in [4.69, 9.17) is 0 Å². The van der Waals surface area contributed by atoms with Gasteiger partial charge in [0.2, 0.25) is 0 Å². The second-order valence-electron chi connectivity index (χ2n) is 9.90. The van der Waals surface area contributed by atoms with Crippen LogP contribution in [0.2, 0.25) is 0 Å². The molecular formula is C31H31F3N2O3S. The van der Waals surface area contributed by atoms with Crippen molar-refractivity contribution in [2.75, 3.05) is 11.6 Å². The SMILES string of the molecule is CCCCc1ccc(-c2ccc(-n3c(C)cc(C(=O)Nc4ccc(S(C)(=O)=O)cc4)c3C)c(C(F)(F)F)c2)cc1. The van der Waals surface area contributed by atoms with E-state index in [1.165, 1.54) is 34.9 Å². The zero-order valence-corrected chi connectivity index (χ0v) is 23.6. The van der Waals surface area contributed by atoms with Gasteiger partial charge in [0.15, 0.2) is 9.84 Å². The highest BCUT2D eigenvalue weighted by Gasteiger charge is 2.35. The first-order valence-electron chi connectivity index (χ1n) is 12.9. The van der Waals surface area contributed by atoms with Crippen LogP contribution in [0.5, 0.6) is 0 Å². The molecule has 0 unspecified atom stereocenters. The number of unbranched alkanes of at least 4 members (excludes halogenated alkanes) is 1. The molecule has 4 rings (SSSR count). The van der Waals surface area contributed by atoms with Crippen LogP contribution in [0.1, 0.15) is 52.6 Å². The first-order valence-corrected chi connectivity index (χ1v) is 14.8. The molecule has 9 heteroatoms. The molecule has 0 aliphatic rings. The fraction of sp³-hybridized carbons (Fsp3) is 0.258. The summed E-state index contributed by atoms with van der Waals surface area (Å²) in [6.07, 6.45) is -0.492. The van der Waals surface area contributed by atoms with Crippen molar-refractivity contribution in [3.63, 3.8) is 0 Å². The number of alkyl halides is 3. The second kappa shape index (κ2) is 11.3. The molecule has 0 saturated carbocycles. The molecule has 210 valence electrons. The third kappa shape index (κ3) is 6.31. The summed E-state index contributed by atoms with van der Waals surface area (Å²) in [7, 11) is -3.39. The molecule has 1 N–H and O–H groups in total. The topological polar surface area (TPSA) is 68.2 Å². The quantitative estimate of drug-likeness (QED) is 0.236. The first-order chi connectivity index (χ1) is 18.8. The van der Waals surface area contributed by atoms with Crippen molar-refractivity contribution in [3.8, 4) is 16.8 Å².